The first-order chi connectivity index (χ1) is 14.7. The number of hydrogen-bond acceptors (Lipinski definition) is 5. The fourth-order valence-corrected chi connectivity index (χ4v) is 4.70. The van der Waals surface area contributed by atoms with Crippen molar-refractivity contribution in [2.75, 3.05) is 50.9 Å². The van der Waals surface area contributed by atoms with Gasteiger partial charge in [0.25, 0.3) is 5.91 Å². The van der Waals surface area contributed by atoms with Crippen molar-refractivity contribution in [2.45, 2.75) is 13.3 Å². The fourth-order valence-electron chi connectivity index (χ4n) is 3.68. The first kappa shape index (κ1) is 20.8. The number of fused-ring (bicyclic) bond motifs is 1. The molecular weight excluding hydrogens is 398 g/mol. The molecular formula is C23H28N3O3S+. The van der Waals surface area contributed by atoms with Crippen LogP contribution in [0.3, 0.4) is 0 Å². The summed E-state index contributed by atoms with van der Waals surface area (Å²) in [5, 5.41) is 0.740. The van der Waals surface area contributed by atoms with Crippen LogP contribution in [0.25, 0.3) is 10.2 Å². The molecule has 2 aromatic carbocycles. The average molecular weight is 427 g/mol. The van der Waals surface area contributed by atoms with Crippen molar-refractivity contribution in [3.63, 3.8) is 0 Å². The summed E-state index contributed by atoms with van der Waals surface area (Å²) in [7, 11) is 0. The Morgan fingerprint density at radius 3 is 2.77 bits per heavy atom. The molecule has 0 radical (unpaired) electrons. The van der Waals surface area contributed by atoms with Gasteiger partial charge in [0.2, 0.25) is 0 Å². The molecule has 158 valence electrons. The van der Waals surface area contributed by atoms with Crippen LogP contribution in [0.15, 0.2) is 48.5 Å². The van der Waals surface area contributed by atoms with Crippen molar-refractivity contribution in [3.8, 4) is 5.75 Å². The molecule has 1 fully saturated rings. The fraction of sp³-hybridized carbons (Fsp3) is 0.391. The second kappa shape index (κ2) is 10.0. The molecule has 0 atom stereocenters. The van der Waals surface area contributed by atoms with Gasteiger partial charge in [-0.15, -0.1) is 0 Å². The first-order valence-corrected chi connectivity index (χ1v) is 11.4. The molecule has 4 rings (SSSR count). The highest BCUT2D eigenvalue weighted by molar-refractivity contribution is 7.22. The summed E-state index contributed by atoms with van der Waals surface area (Å²) in [4.78, 5) is 21.5. The van der Waals surface area contributed by atoms with E-state index in [-0.39, 0.29) is 5.91 Å². The zero-order chi connectivity index (χ0) is 20.8. The van der Waals surface area contributed by atoms with E-state index < -0.39 is 0 Å². The molecule has 1 N–H and O–H groups in total. The number of thiazole rings is 1. The van der Waals surface area contributed by atoms with Crippen LogP contribution >= 0.6 is 11.3 Å². The van der Waals surface area contributed by atoms with E-state index in [0.717, 1.165) is 60.4 Å². The molecule has 2 heterocycles. The molecule has 0 unspecified atom stereocenters. The standard InChI is InChI=1S/C23H27N3O3S/c1-2-29-19-9-10-20-21(17-19)30-23(24-20)26(22(27)18-7-4-3-5-8-18)12-6-11-25-13-15-28-16-14-25/h3-5,7-10,17H,2,6,11-16H2,1H3/p+1. The predicted molar refractivity (Wildman–Crippen MR) is 120 cm³/mol. The van der Waals surface area contributed by atoms with E-state index in [4.69, 9.17) is 14.5 Å². The van der Waals surface area contributed by atoms with Gasteiger partial charge in [-0.05, 0) is 37.3 Å². The Hall–Kier alpha value is -2.48. The molecule has 0 aliphatic carbocycles. The van der Waals surface area contributed by atoms with E-state index >= 15 is 0 Å². The highest BCUT2D eigenvalue weighted by Crippen LogP contribution is 2.32. The van der Waals surface area contributed by atoms with Crippen molar-refractivity contribution < 1.29 is 19.2 Å². The lowest BCUT2D eigenvalue weighted by molar-refractivity contribution is -0.908. The van der Waals surface area contributed by atoms with Crippen LogP contribution in [0, 0.1) is 0 Å². The summed E-state index contributed by atoms with van der Waals surface area (Å²) in [6.45, 7) is 7.99. The minimum absolute atomic E-state index is 0.00309. The van der Waals surface area contributed by atoms with Gasteiger partial charge in [0, 0.05) is 18.5 Å². The molecule has 0 saturated carbocycles. The first-order valence-electron chi connectivity index (χ1n) is 10.6. The Kier molecular flexibility index (Phi) is 6.94. The van der Waals surface area contributed by atoms with Crippen LogP contribution in [-0.4, -0.2) is 56.9 Å². The van der Waals surface area contributed by atoms with E-state index in [1.165, 1.54) is 0 Å². The topological polar surface area (TPSA) is 56.1 Å². The van der Waals surface area contributed by atoms with Gasteiger partial charge < -0.3 is 14.4 Å². The minimum atomic E-state index is -0.00309. The summed E-state index contributed by atoms with van der Waals surface area (Å²) >= 11 is 1.54. The van der Waals surface area contributed by atoms with Crippen LogP contribution < -0.4 is 14.5 Å². The number of amides is 1. The Bertz CT molecular complexity index is 970. The summed E-state index contributed by atoms with van der Waals surface area (Å²) in [6.07, 6.45) is 0.925. The number of nitrogens with one attached hydrogen (secondary N) is 1. The lowest BCUT2D eigenvalue weighted by atomic mass is 10.2. The van der Waals surface area contributed by atoms with E-state index in [1.807, 2.05) is 60.4 Å². The molecule has 1 saturated heterocycles. The van der Waals surface area contributed by atoms with Crippen LogP contribution in [0.1, 0.15) is 23.7 Å². The monoisotopic (exact) mass is 426 g/mol. The highest BCUT2D eigenvalue weighted by Gasteiger charge is 2.22. The van der Waals surface area contributed by atoms with E-state index in [9.17, 15) is 4.79 Å². The summed E-state index contributed by atoms with van der Waals surface area (Å²) in [5.41, 5.74) is 1.58. The number of benzene rings is 2. The van der Waals surface area contributed by atoms with Crippen LogP contribution in [0.4, 0.5) is 5.13 Å². The Morgan fingerprint density at radius 2 is 2.00 bits per heavy atom. The number of morpholine rings is 1. The zero-order valence-corrected chi connectivity index (χ0v) is 18.1. The highest BCUT2D eigenvalue weighted by atomic mass is 32.1. The normalized spacial score (nSPS) is 14.7. The van der Waals surface area contributed by atoms with Gasteiger partial charge in [-0.1, -0.05) is 29.5 Å². The summed E-state index contributed by atoms with van der Waals surface area (Å²) in [6, 6.07) is 15.3. The third-order valence-electron chi connectivity index (χ3n) is 5.27. The number of nitrogens with zero attached hydrogens (tertiary/aromatic N) is 2. The number of anilines is 1. The molecule has 7 heteroatoms. The smallest absolute Gasteiger partial charge is 0.260 e. The van der Waals surface area contributed by atoms with Gasteiger partial charge in [0.05, 0.1) is 36.6 Å². The minimum Gasteiger partial charge on any atom is -0.494 e. The van der Waals surface area contributed by atoms with Crippen LogP contribution in [-0.2, 0) is 4.74 Å². The molecule has 6 nitrogen and oxygen atoms in total. The number of carbonyl (C=O) groups is 1. The van der Waals surface area contributed by atoms with Gasteiger partial charge in [-0.3, -0.25) is 9.69 Å². The van der Waals surface area contributed by atoms with Crippen molar-refractivity contribution in [3.05, 3.63) is 54.1 Å². The summed E-state index contributed by atoms with van der Waals surface area (Å²) < 4.78 is 12.1. The molecule has 0 spiro atoms. The van der Waals surface area contributed by atoms with E-state index in [2.05, 4.69) is 0 Å². The van der Waals surface area contributed by atoms with Crippen molar-refractivity contribution in [2.24, 2.45) is 0 Å². The maximum absolute atomic E-state index is 13.3. The SMILES string of the molecule is CCOc1ccc2nc(N(CCC[NH+]3CCOCC3)C(=O)c3ccccc3)sc2c1. The summed E-state index contributed by atoms with van der Waals surface area (Å²) in [5.74, 6) is 0.828. The molecule has 30 heavy (non-hydrogen) atoms. The maximum atomic E-state index is 13.3. The van der Waals surface area contributed by atoms with Gasteiger partial charge >= 0.3 is 0 Å². The number of carbonyl (C=O) groups excluding carboxylic acids is 1. The van der Waals surface area contributed by atoms with Crippen molar-refractivity contribution >= 4 is 32.6 Å². The van der Waals surface area contributed by atoms with Gasteiger partial charge in [0.15, 0.2) is 5.13 Å². The van der Waals surface area contributed by atoms with Gasteiger partial charge in [-0.25, -0.2) is 4.98 Å². The quantitative estimate of drug-likeness (QED) is 0.602. The van der Waals surface area contributed by atoms with Crippen LogP contribution in [0.5, 0.6) is 5.75 Å². The maximum Gasteiger partial charge on any atom is 0.260 e. The third-order valence-corrected chi connectivity index (χ3v) is 6.31. The lowest BCUT2D eigenvalue weighted by Crippen LogP contribution is -3.14. The molecule has 0 bridgehead atoms. The Morgan fingerprint density at radius 1 is 1.20 bits per heavy atom. The molecule has 1 aromatic heterocycles. The average Bonchev–Trinajstić information content (AvgIpc) is 3.21. The third kappa shape index (κ3) is 4.98. The molecule has 1 amide bonds. The van der Waals surface area contributed by atoms with Crippen molar-refractivity contribution in [1.29, 1.82) is 0 Å². The van der Waals surface area contributed by atoms with Gasteiger partial charge in [-0.2, -0.15) is 0 Å². The van der Waals surface area contributed by atoms with E-state index in [1.54, 1.807) is 16.2 Å². The number of aromatic nitrogens is 1. The second-order valence-electron chi connectivity index (χ2n) is 7.35. The van der Waals surface area contributed by atoms with Crippen LogP contribution in [0.2, 0.25) is 0 Å². The van der Waals surface area contributed by atoms with E-state index in [0.29, 0.717) is 18.7 Å². The number of rotatable bonds is 8. The largest absolute Gasteiger partial charge is 0.494 e. The zero-order valence-electron chi connectivity index (χ0n) is 17.3. The predicted octanol–water partition coefficient (Wildman–Crippen LogP) is 2.65. The number of quaternary nitrogens is 1. The molecule has 3 aromatic rings. The number of hydrogen-bond donors (Lipinski definition) is 1. The Labute approximate surface area is 181 Å². The lowest BCUT2D eigenvalue weighted by Gasteiger charge is -2.25. The van der Waals surface area contributed by atoms with Gasteiger partial charge in [0.1, 0.15) is 18.8 Å². The Balaban J connectivity index is 1.55. The number of ether oxygens (including phenoxy) is 2. The van der Waals surface area contributed by atoms with Crippen molar-refractivity contribution in [1.82, 2.24) is 4.98 Å². The second-order valence-corrected chi connectivity index (χ2v) is 8.36. The molecule has 1 aliphatic rings. The molecule has 1 aliphatic heterocycles.